The third-order valence-electron chi connectivity index (χ3n) is 3.00. The van der Waals surface area contributed by atoms with Crippen molar-refractivity contribution in [2.75, 3.05) is 27.3 Å². The molecule has 0 bridgehead atoms. The van der Waals surface area contributed by atoms with Crippen LogP contribution in [0.5, 0.6) is 5.88 Å². The van der Waals surface area contributed by atoms with Gasteiger partial charge in [0, 0.05) is 32.5 Å². The molecule has 0 aliphatic heterocycles. The maximum Gasteiger partial charge on any atom is 0.212 e. The van der Waals surface area contributed by atoms with Crippen LogP contribution < -0.4 is 15.4 Å². The molecule has 0 atom stereocenters. The second kappa shape index (κ2) is 10.6. The molecule has 1 heterocycles. The van der Waals surface area contributed by atoms with Crippen molar-refractivity contribution in [1.29, 1.82) is 0 Å². The molecule has 0 saturated carbocycles. The molecular formula is C15H27IN4O2. The number of nitrogens with zero attached hydrogens (tertiary/aromatic N) is 2. The summed E-state index contributed by atoms with van der Waals surface area (Å²) in [6.45, 7) is 8.12. The Bertz CT molecular complexity index is 449. The lowest BCUT2D eigenvalue weighted by atomic mass is 10.1. The van der Waals surface area contributed by atoms with Crippen molar-refractivity contribution >= 4 is 29.9 Å². The molecule has 0 fully saturated rings. The van der Waals surface area contributed by atoms with Crippen molar-refractivity contribution in [2.24, 2.45) is 4.99 Å². The highest BCUT2D eigenvalue weighted by Gasteiger charge is 2.16. The van der Waals surface area contributed by atoms with E-state index in [4.69, 9.17) is 9.47 Å². The maximum absolute atomic E-state index is 5.39. The highest BCUT2D eigenvalue weighted by Crippen LogP contribution is 2.08. The summed E-state index contributed by atoms with van der Waals surface area (Å²) < 4.78 is 10.4. The molecule has 0 aliphatic carbocycles. The average molecular weight is 422 g/mol. The highest BCUT2D eigenvalue weighted by molar-refractivity contribution is 14.0. The van der Waals surface area contributed by atoms with Crippen molar-refractivity contribution in [2.45, 2.75) is 32.9 Å². The predicted octanol–water partition coefficient (Wildman–Crippen LogP) is 2.19. The highest BCUT2D eigenvalue weighted by atomic mass is 127. The number of guanidine groups is 1. The van der Waals surface area contributed by atoms with Gasteiger partial charge in [-0.2, -0.15) is 0 Å². The zero-order chi connectivity index (χ0) is 15.7. The summed E-state index contributed by atoms with van der Waals surface area (Å²) in [7, 11) is 3.31. The van der Waals surface area contributed by atoms with Crippen LogP contribution in [0.15, 0.2) is 23.3 Å². The molecule has 1 aromatic heterocycles. The van der Waals surface area contributed by atoms with Gasteiger partial charge in [0.15, 0.2) is 5.96 Å². The van der Waals surface area contributed by atoms with Crippen molar-refractivity contribution < 1.29 is 9.47 Å². The van der Waals surface area contributed by atoms with Gasteiger partial charge >= 0.3 is 0 Å². The van der Waals surface area contributed by atoms with E-state index in [-0.39, 0.29) is 29.6 Å². The van der Waals surface area contributed by atoms with Crippen LogP contribution in [0.4, 0.5) is 0 Å². The minimum Gasteiger partial charge on any atom is -0.481 e. The van der Waals surface area contributed by atoms with Crippen LogP contribution in [0.3, 0.4) is 0 Å². The van der Waals surface area contributed by atoms with Crippen LogP contribution >= 0.6 is 24.0 Å². The Hall–Kier alpha value is -1.09. The van der Waals surface area contributed by atoms with Gasteiger partial charge in [-0.3, -0.25) is 0 Å². The van der Waals surface area contributed by atoms with E-state index < -0.39 is 0 Å². The first kappa shape index (κ1) is 20.9. The molecule has 0 unspecified atom stereocenters. The summed E-state index contributed by atoms with van der Waals surface area (Å²) in [6, 6.07) is 3.79. The number of pyridine rings is 1. The molecule has 1 rings (SSSR count). The molecule has 0 saturated heterocycles. The van der Waals surface area contributed by atoms with Crippen LogP contribution in [0.25, 0.3) is 0 Å². The number of halogens is 1. The largest absolute Gasteiger partial charge is 0.481 e. The summed E-state index contributed by atoms with van der Waals surface area (Å²) in [4.78, 5) is 8.70. The second-order valence-corrected chi connectivity index (χ2v) is 5.22. The van der Waals surface area contributed by atoms with E-state index in [0.29, 0.717) is 19.0 Å². The van der Waals surface area contributed by atoms with Crippen molar-refractivity contribution in [1.82, 2.24) is 15.6 Å². The summed E-state index contributed by atoms with van der Waals surface area (Å²) in [5, 5.41) is 6.48. The number of hydrogen-bond donors (Lipinski definition) is 2. The maximum atomic E-state index is 5.39. The number of hydrogen-bond acceptors (Lipinski definition) is 4. The van der Waals surface area contributed by atoms with E-state index in [1.54, 1.807) is 20.4 Å². The molecule has 0 radical (unpaired) electrons. The van der Waals surface area contributed by atoms with Gasteiger partial charge in [0.2, 0.25) is 5.88 Å². The monoisotopic (exact) mass is 422 g/mol. The SMILES string of the molecule is CCNC(=NCc1ccc(OC)nc1)NCC(C)(C)OC.I. The van der Waals surface area contributed by atoms with E-state index in [2.05, 4.69) is 20.6 Å². The van der Waals surface area contributed by atoms with Crippen molar-refractivity contribution in [3.05, 3.63) is 23.9 Å². The standard InChI is InChI=1S/C15H26N4O2.HI/c1-6-16-14(19-11-15(2,3)21-5)18-10-12-7-8-13(20-4)17-9-12;/h7-9H,6,10-11H2,1-5H3,(H2,16,18,19);1H. The van der Waals surface area contributed by atoms with Crippen LogP contribution in [-0.2, 0) is 11.3 Å². The second-order valence-electron chi connectivity index (χ2n) is 5.22. The van der Waals surface area contributed by atoms with E-state index in [9.17, 15) is 0 Å². The Kier molecular flexibility index (Phi) is 10.1. The van der Waals surface area contributed by atoms with Crippen LogP contribution in [-0.4, -0.2) is 43.9 Å². The first-order valence-corrected chi connectivity index (χ1v) is 7.07. The Labute approximate surface area is 150 Å². The lowest BCUT2D eigenvalue weighted by Crippen LogP contribution is -2.45. The average Bonchev–Trinajstić information content (AvgIpc) is 2.50. The Morgan fingerprint density at radius 1 is 1.27 bits per heavy atom. The predicted molar refractivity (Wildman–Crippen MR) is 100 cm³/mol. The van der Waals surface area contributed by atoms with Gasteiger partial charge in [-0.25, -0.2) is 9.98 Å². The zero-order valence-corrected chi connectivity index (χ0v) is 16.3. The molecule has 126 valence electrons. The third kappa shape index (κ3) is 7.79. The summed E-state index contributed by atoms with van der Waals surface area (Å²) >= 11 is 0. The molecule has 0 aliphatic rings. The lowest BCUT2D eigenvalue weighted by Gasteiger charge is -2.24. The fourth-order valence-electron chi connectivity index (χ4n) is 1.51. The van der Waals surface area contributed by atoms with Crippen molar-refractivity contribution in [3.63, 3.8) is 0 Å². The fraction of sp³-hybridized carbons (Fsp3) is 0.600. The van der Waals surface area contributed by atoms with Crippen LogP contribution in [0, 0.1) is 0 Å². The van der Waals surface area contributed by atoms with Gasteiger partial charge in [-0.05, 0) is 26.3 Å². The van der Waals surface area contributed by atoms with Gasteiger partial charge in [0.05, 0.1) is 19.3 Å². The van der Waals surface area contributed by atoms with E-state index in [0.717, 1.165) is 18.1 Å². The van der Waals surface area contributed by atoms with Gasteiger partial charge in [-0.15, -0.1) is 24.0 Å². The Morgan fingerprint density at radius 2 is 2.00 bits per heavy atom. The first-order valence-electron chi connectivity index (χ1n) is 7.07. The minimum absolute atomic E-state index is 0. The lowest BCUT2D eigenvalue weighted by molar-refractivity contribution is 0.0268. The summed E-state index contributed by atoms with van der Waals surface area (Å²) in [5.41, 5.74) is 0.789. The number of ether oxygens (including phenoxy) is 2. The van der Waals surface area contributed by atoms with Crippen molar-refractivity contribution in [3.8, 4) is 5.88 Å². The van der Waals surface area contributed by atoms with Gasteiger partial charge < -0.3 is 20.1 Å². The molecule has 2 N–H and O–H groups in total. The van der Waals surface area contributed by atoms with E-state index in [1.165, 1.54) is 0 Å². The molecule has 0 amide bonds. The quantitative estimate of drug-likeness (QED) is 0.401. The number of methoxy groups -OCH3 is 2. The molecule has 0 aromatic carbocycles. The molecule has 1 aromatic rings. The molecular weight excluding hydrogens is 395 g/mol. The van der Waals surface area contributed by atoms with Crippen LogP contribution in [0.2, 0.25) is 0 Å². The van der Waals surface area contributed by atoms with Gasteiger partial charge in [0.25, 0.3) is 0 Å². The number of rotatable bonds is 7. The molecule has 6 nitrogen and oxygen atoms in total. The Morgan fingerprint density at radius 3 is 2.50 bits per heavy atom. The first-order chi connectivity index (χ1) is 10.0. The zero-order valence-electron chi connectivity index (χ0n) is 14.0. The number of aliphatic imine (C=N–C) groups is 1. The smallest absolute Gasteiger partial charge is 0.212 e. The normalized spacial score (nSPS) is 11.6. The van der Waals surface area contributed by atoms with Gasteiger partial charge in [-0.1, -0.05) is 6.07 Å². The van der Waals surface area contributed by atoms with E-state index >= 15 is 0 Å². The molecule has 0 spiro atoms. The molecule has 22 heavy (non-hydrogen) atoms. The molecule has 7 heteroatoms. The fourth-order valence-corrected chi connectivity index (χ4v) is 1.51. The third-order valence-corrected chi connectivity index (χ3v) is 3.00. The minimum atomic E-state index is -0.238. The topological polar surface area (TPSA) is 67.8 Å². The van der Waals surface area contributed by atoms with Crippen LogP contribution in [0.1, 0.15) is 26.3 Å². The Balaban J connectivity index is 0.00000441. The van der Waals surface area contributed by atoms with Gasteiger partial charge in [0.1, 0.15) is 0 Å². The summed E-state index contributed by atoms with van der Waals surface area (Å²) in [6.07, 6.45) is 1.77. The summed E-state index contributed by atoms with van der Waals surface area (Å²) in [5.74, 6) is 1.37. The number of nitrogens with one attached hydrogen (secondary N) is 2. The van der Waals surface area contributed by atoms with E-state index in [1.807, 2.05) is 32.9 Å². The number of aromatic nitrogens is 1.